The maximum absolute atomic E-state index is 11.9. The molecule has 0 spiro atoms. The summed E-state index contributed by atoms with van der Waals surface area (Å²) in [7, 11) is 0. The van der Waals surface area contributed by atoms with Crippen LogP contribution >= 0.6 is 11.3 Å². The molecule has 1 atom stereocenters. The van der Waals surface area contributed by atoms with Gasteiger partial charge in [0.2, 0.25) is 5.91 Å². The summed E-state index contributed by atoms with van der Waals surface area (Å²) < 4.78 is 0. The van der Waals surface area contributed by atoms with Crippen LogP contribution < -0.4 is 10.6 Å². The highest BCUT2D eigenvalue weighted by molar-refractivity contribution is 7.10. The molecule has 2 amide bonds. The van der Waals surface area contributed by atoms with Crippen LogP contribution in [0.25, 0.3) is 0 Å². The zero-order chi connectivity index (χ0) is 15.2. The first-order valence-electron chi connectivity index (χ1n) is 6.74. The summed E-state index contributed by atoms with van der Waals surface area (Å²) in [6, 6.07) is 11.1. The number of hydrogen-bond acceptors (Lipinski definition) is 3. The Balaban J connectivity index is 1.81. The summed E-state index contributed by atoms with van der Waals surface area (Å²) in [5.41, 5.74) is 1.65. The zero-order valence-corrected chi connectivity index (χ0v) is 12.9. The van der Waals surface area contributed by atoms with Gasteiger partial charge in [0.05, 0.1) is 12.6 Å². The minimum Gasteiger partial charge on any atom is -0.347 e. The summed E-state index contributed by atoms with van der Waals surface area (Å²) >= 11 is 1.59. The maximum atomic E-state index is 11.9. The molecule has 1 unspecified atom stereocenters. The lowest BCUT2D eigenvalue weighted by Gasteiger charge is -2.12. The van der Waals surface area contributed by atoms with E-state index in [1.165, 1.54) is 0 Å². The zero-order valence-electron chi connectivity index (χ0n) is 12.1. The quantitative estimate of drug-likeness (QED) is 0.892. The highest BCUT2D eigenvalue weighted by Crippen LogP contribution is 2.17. The second-order valence-corrected chi connectivity index (χ2v) is 5.83. The average molecular weight is 302 g/mol. The van der Waals surface area contributed by atoms with Gasteiger partial charge in [-0.2, -0.15) is 0 Å². The third kappa shape index (κ3) is 4.43. The van der Waals surface area contributed by atoms with Crippen LogP contribution in [0, 0.1) is 6.92 Å². The predicted octanol–water partition coefficient (Wildman–Crippen LogP) is 2.66. The number of carbonyl (C=O) groups is 2. The second kappa shape index (κ2) is 7.04. The van der Waals surface area contributed by atoms with Crippen molar-refractivity contribution in [2.75, 3.05) is 6.54 Å². The molecule has 0 aliphatic carbocycles. The van der Waals surface area contributed by atoms with Gasteiger partial charge < -0.3 is 10.6 Å². The van der Waals surface area contributed by atoms with Gasteiger partial charge in [-0.3, -0.25) is 9.59 Å². The molecule has 2 rings (SSSR count). The van der Waals surface area contributed by atoms with Gasteiger partial charge >= 0.3 is 0 Å². The number of nitrogens with one attached hydrogen (secondary N) is 2. The number of hydrogen-bond donors (Lipinski definition) is 2. The standard InChI is InChI=1S/C16H18N2O2S/c1-11-5-7-13(8-6-11)16(20)17-10-15(19)18-12(2)14-4-3-9-21-14/h3-9,12H,10H2,1-2H3,(H,17,20)(H,18,19). The van der Waals surface area contributed by atoms with Crippen molar-refractivity contribution in [3.05, 3.63) is 57.8 Å². The van der Waals surface area contributed by atoms with Gasteiger partial charge in [0.15, 0.2) is 0 Å². The van der Waals surface area contributed by atoms with E-state index in [1.807, 2.05) is 43.5 Å². The Hall–Kier alpha value is -2.14. The molecule has 5 heteroatoms. The Morgan fingerprint density at radius 2 is 1.90 bits per heavy atom. The molecule has 2 N–H and O–H groups in total. The third-order valence-corrected chi connectivity index (χ3v) is 4.13. The first kappa shape index (κ1) is 15.3. The molecule has 1 heterocycles. The van der Waals surface area contributed by atoms with Crippen LogP contribution in [0.4, 0.5) is 0 Å². The third-order valence-electron chi connectivity index (χ3n) is 3.07. The topological polar surface area (TPSA) is 58.2 Å². The number of benzene rings is 1. The fourth-order valence-electron chi connectivity index (χ4n) is 1.87. The van der Waals surface area contributed by atoms with Crippen molar-refractivity contribution in [2.24, 2.45) is 0 Å². The van der Waals surface area contributed by atoms with E-state index in [9.17, 15) is 9.59 Å². The van der Waals surface area contributed by atoms with Gasteiger partial charge in [0.25, 0.3) is 5.91 Å². The molecule has 0 fully saturated rings. The fourth-order valence-corrected chi connectivity index (χ4v) is 2.60. The molecule has 0 radical (unpaired) electrons. The first-order valence-corrected chi connectivity index (χ1v) is 7.62. The second-order valence-electron chi connectivity index (χ2n) is 4.85. The summed E-state index contributed by atoms with van der Waals surface area (Å²) in [6.45, 7) is 3.86. The SMILES string of the molecule is Cc1ccc(C(=O)NCC(=O)NC(C)c2cccs2)cc1. The number of amides is 2. The molecule has 0 aliphatic heterocycles. The van der Waals surface area contributed by atoms with Crippen molar-refractivity contribution in [1.82, 2.24) is 10.6 Å². The van der Waals surface area contributed by atoms with Crippen LogP contribution in [0.5, 0.6) is 0 Å². The van der Waals surface area contributed by atoms with Crippen LogP contribution in [-0.4, -0.2) is 18.4 Å². The van der Waals surface area contributed by atoms with E-state index in [-0.39, 0.29) is 24.4 Å². The van der Waals surface area contributed by atoms with Gasteiger partial charge in [0, 0.05) is 10.4 Å². The Morgan fingerprint density at radius 3 is 2.52 bits per heavy atom. The average Bonchev–Trinajstić information content (AvgIpc) is 3.00. The molecule has 21 heavy (non-hydrogen) atoms. The molecule has 0 saturated carbocycles. The van der Waals surface area contributed by atoms with E-state index in [1.54, 1.807) is 23.5 Å². The molecule has 1 aromatic carbocycles. The lowest BCUT2D eigenvalue weighted by Crippen LogP contribution is -2.37. The fraction of sp³-hybridized carbons (Fsp3) is 0.250. The number of rotatable bonds is 5. The minimum atomic E-state index is -0.242. The monoisotopic (exact) mass is 302 g/mol. The number of thiophene rings is 1. The van der Waals surface area contributed by atoms with E-state index in [0.717, 1.165) is 10.4 Å². The molecule has 0 bridgehead atoms. The van der Waals surface area contributed by atoms with Crippen LogP contribution in [0.15, 0.2) is 41.8 Å². The summed E-state index contributed by atoms with van der Waals surface area (Å²) in [4.78, 5) is 24.8. The Kier molecular flexibility index (Phi) is 5.11. The van der Waals surface area contributed by atoms with Crippen molar-refractivity contribution >= 4 is 23.2 Å². The van der Waals surface area contributed by atoms with E-state index < -0.39 is 0 Å². The molecule has 2 aromatic rings. The Morgan fingerprint density at radius 1 is 1.19 bits per heavy atom. The van der Waals surface area contributed by atoms with Crippen LogP contribution in [0.3, 0.4) is 0 Å². The predicted molar refractivity (Wildman–Crippen MR) is 84.4 cm³/mol. The van der Waals surface area contributed by atoms with Crippen molar-refractivity contribution in [2.45, 2.75) is 19.9 Å². The highest BCUT2D eigenvalue weighted by Gasteiger charge is 2.12. The summed E-state index contributed by atoms with van der Waals surface area (Å²) in [5.74, 6) is -0.440. The largest absolute Gasteiger partial charge is 0.347 e. The van der Waals surface area contributed by atoms with Gasteiger partial charge in [-0.05, 0) is 37.4 Å². The lowest BCUT2D eigenvalue weighted by molar-refractivity contribution is -0.120. The molecule has 4 nitrogen and oxygen atoms in total. The van der Waals surface area contributed by atoms with Crippen LogP contribution in [-0.2, 0) is 4.79 Å². The molecule has 110 valence electrons. The van der Waals surface area contributed by atoms with Gasteiger partial charge in [-0.25, -0.2) is 0 Å². The summed E-state index contributed by atoms with van der Waals surface area (Å²) in [6.07, 6.45) is 0. The number of aryl methyl sites for hydroxylation is 1. The smallest absolute Gasteiger partial charge is 0.251 e. The van der Waals surface area contributed by atoms with E-state index in [0.29, 0.717) is 5.56 Å². The van der Waals surface area contributed by atoms with Crippen LogP contribution in [0.2, 0.25) is 0 Å². The van der Waals surface area contributed by atoms with Gasteiger partial charge in [0.1, 0.15) is 0 Å². The summed E-state index contributed by atoms with van der Waals surface area (Å²) in [5, 5.41) is 7.45. The van der Waals surface area contributed by atoms with Crippen molar-refractivity contribution in [1.29, 1.82) is 0 Å². The van der Waals surface area contributed by atoms with Crippen LogP contribution in [0.1, 0.15) is 33.8 Å². The highest BCUT2D eigenvalue weighted by atomic mass is 32.1. The van der Waals surface area contributed by atoms with Crippen molar-refractivity contribution < 1.29 is 9.59 Å². The van der Waals surface area contributed by atoms with Crippen molar-refractivity contribution in [3.63, 3.8) is 0 Å². The van der Waals surface area contributed by atoms with Crippen molar-refractivity contribution in [3.8, 4) is 0 Å². The normalized spacial score (nSPS) is 11.7. The molecular weight excluding hydrogens is 284 g/mol. The van der Waals surface area contributed by atoms with Gasteiger partial charge in [-0.1, -0.05) is 23.8 Å². The van der Waals surface area contributed by atoms with Gasteiger partial charge in [-0.15, -0.1) is 11.3 Å². The lowest BCUT2D eigenvalue weighted by atomic mass is 10.1. The molecule has 0 saturated heterocycles. The molecule has 0 aliphatic rings. The molecule has 1 aromatic heterocycles. The molecular formula is C16H18N2O2S. The van der Waals surface area contributed by atoms with E-state index in [2.05, 4.69) is 10.6 Å². The van der Waals surface area contributed by atoms with E-state index >= 15 is 0 Å². The van der Waals surface area contributed by atoms with E-state index in [4.69, 9.17) is 0 Å². The number of carbonyl (C=O) groups excluding carboxylic acids is 2. The maximum Gasteiger partial charge on any atom is 0.251 e. The Labute approximate surface area is 128 Å². The minimum absolute atomic E-state index is 0.0254. The first-order chi connectivity index (χ1) is 10.1. The Bertz CT molecular complexity index is 606.